The van der Waals surface area contributed by atoms with Crippen molar-refractivity contribution in [1.82, 2.24) is 0 Å². The lowest BCUT2D eigenvalue weighted by atomic mass is 10.1. The summed E-state index contributed by atoms with van der Waals surface area (Å²) in [5, 5.41) is 19.6. The van der Waals surface area contributed by atoms with Gasteiger partial charge in [0.05, 0.1) is 16.3 Å². The van der Waals surface area contributed by atoms with Gasteiger partial charge in [-0.15, -0.1) is 0 Å². The molecule has 0 unspecified atom stereocenters. The zero-order valence-corrected chi connectivity index (χ0v) is 14.4. The topological polar surface area (TPSA) is 99.3 Å². The second kappa shape index (κ2) is 6.27. The number of hydrogen-bond acceptors (Lipinski definition) is 5. The molecule has 25 heavy (non-hydrogen) atoms. The molecule has 0 radical (unpaired) electrons. The summed E-state index contributed by atoms with van der Waals surface area (Å²) >= 11 is 0. The SMILES string of the molecule is Cc1cc(N=Nc2ccc3cc(S(=O)(=O)O)ccc3c2)cc(C)c1O. The number of aromatic hydroxyl groups is 1. The van der Waals surface area contributed by atoms with Crippen LogP contribution >= 0.6 is 0 Å². The first-order valence-corrected chi connectivity index (χ1v) is 8.91. The number of fused-ring (bicyclic) bond motifs is 1. The van der Waals surface area contributed by atoms with Gasteiger partial charge in [-0.1, -0.05) is 12.1 Å². The molecule has 0 amide bonds. The number of nitrogens with zero attached hydrogens (tertiary/aromatic N) is 2. The minimum absolute atomic E-state index is 0.149. The number of phenols is 1. The zero-order valence-electron chi connectivity index (χ0n) is 13.6. The lowest BCUT2D eigenvalue weighted by Gasteiger charge is -2.04. The lowest BCUT2D eigenvalue weighted by molar-refractivity contribution is 0.467. The van der Waals surface area contributed by atoms with Crippen molar-refractivity contribution in [3.05, 3.63) is 59.7 Å². The Kier molecular flexibility index (Phi) is 4.28. The molecule has 3 aromatic carbocycles. The third kappa shape index (κ3) is 3.67. The standard InChI is InChI=1S/C18H16N2O4S/c1-11-7-16(8-12(2)18(11)21)20-19-15-5-3-14-10-17(25(22,23)24)6-4-13(14)9-15/h3-10,21H,1-2H3,(H,22,23,24). The normalized spacial score (nSPS) is 12.1. The highest BCUT2D eigenvalue weighted by molar-refractivity contribution is 7.85. The summed E-state index contributed by atoms with van der Waals surface area (Å²) in [6.07, 6.45) is 0. The molecule has 2 N–H and O–H groups in total. The Balaban J connectivity index is 1.95. The molecule has 0 fully saturated rings. The average molecular weight is 356 g/mol. The summed E-state index contributed by atoms with van der Waals surface area (Å²) < 4.78 is 31.5. The Hall–Kier alpha value is -2.77. The maximum Gasteiger partial charge on any atom is 0.294 e. The Morgan fingerprint density at radius 2 is 1.36 bits per heavy atom. The van der Waals surface area contributed by atoms with Gasteiger partial charge in [-0.3, -0.25) is 4.55 Å². The molecule has 3 aromatic rings. The molecule has 128 valence electrons. The van der Waals surface area contributed by atoms with Crippen LogP contribution in [0.25, 0.3) is 10.8 Å². The van der Waals surface area contributed by atoms with Crippen LogP contribution in [0.5, 0.6) is 5.75 Å². The van der Waals surface area contributed by atoms with Crippen molar-refractivity contribution in [2.24, 2.45) is 10.2 Å². The number of hydrogen-bond donors (Lipinski definition) is 2. The van der Waals surface area contributed by atoms with E-state index >= 15 is 0 Å². The predicted octanol–water partition coefficient (Wildman–Crippen LogP) is 4.82. The van der Waals surface area contributed by atoms with Crippen LogP contribution < -0.4 is 0 Å². The summed E-state index contributed by atoms with van der Waals surface area (Å²) in [4.78, 5) is -0.149. The Labute approximate surface area is 145 Å². The Bertz CT molecular complexity index is 1080. The lowest BCUT2D eigenvalue weighted by Crippen LogP contribution is -1.97. The molecule has 0 aromatic heterocycles. The van der Waals surface area contributed by atoms with E-state index in [2.05, 4.69) is 10.2 Å². The van der Waals surface area contributed by atoms with Crippen molar-refractivity contribution in [3.8, 4) is 5.75 Å². The molecule has 0 spiro atoms. The van der Waals surface area contributed by atoms with E-state index in [0.717, 1.165) is 16.5 Å². The van der Waals surface area contributed by atoms with Crippen LogP contribution in [0.2, 0.25) is 0 Å². The highest BCUT2D eigenvalue weighted by atomic mass is 32.2. The smallest absolute Gasteiger partial charge is 0.294 e. The number of rotatable bonds is 3. The van der Waals surface area contributed by atoms with Crippen LogP contribution in [0.3, 0.4) is 0 Å². The monoisotopic (exact) mass is 356 g/mol. The summed E-state index contributed by atoms with van der Waals surface area (Å²) in [6, 6.07) is 13.0. The van der Waals surface area contributed by atoms with Crippen LogP contribution in [0.1, 0.15) is 11.1 Å². The van der Waals surface area contributed by atoms with E-state index in [1.807, 2.05) is 0 Å². The summed E-state index contributed by atoms with van der Waals surface area (Å²) in [5.41, 5.74) is 2.69. The Morgan fingerprint density at radius 1 is 0.800 bits per heavy atom. The van der Waals surface area contributed by atoms with Crippen LogP contribution in [0.4, 0.5) is 11.4 Å². The van der Waals surface area contributed by atoms with E-state index in [-0.39, 0.29) is 10.6 Å². The molecule has 0 saturated heterocycles. The molecule has 0 aliphatic rings. The summed E-state index contributed by atoms with van der Waals surface area (Å²) in [6.45, 7) is 3.59. The van der Waals surface area contributed by atoms with Gasteiger partial charge in [0.1, 0.15) is 5.75 Å². The first kappa shape index (κ1) is 17.1. The first-order valence-electron chi connectivity index (χ1n) is 7.47. The number of aryl methyl sites for hydroxylation is 2. The molecule has 0 atom stereocenters. The van der Waals surface area contributed by atoms with Crippen LogP contribution in [0, 0.1) is 13.8 Å². The quantitative estimate of drug-likeness (QED) is 0.519. The zero-order chi connectivity index (χ0) is 18.2. The maximum atomic E-state index is 11.2. The van der Waals surface area contributed by atoms with Crippen molar-refractivity contribution >= 4 is 32.3 Å². The first-order chi connectivity index (χ1) is 11.7. The molecule has 0 aliphatic heterocycles. The fourth-order valence-corrected chi connectivity index (χ4v) is 3.06. The molecule has 7 heteroatoms. The third-order valence-corrected chi connectivity index (χ3v) is 4.70. The van der Waals surface area contributed by atoms with Crippen molar-refractivity contribution in [2.75, 3.05) is 0 Å². The Morgan fingerprint density at radius 3 is 2.00 bits per heavy atom. The fourth-order valence-electron chi connectivity index (χ4n) is 2.54. The van der Waals surface area contributed by atoms with Gasteiger partial charge in [-0.05, 0) is 72.1 Å². The van der Waals surface area contributed by atoms with Crippen LogP contribution in [0.15, 0.2) is 63.7 Å². The van der Waals surface area contributed by atoms with Gasteiger partial charge in [0, 0.05) is 0 Å². The van der Waals surface area contributed by atoms with E-state index in [1.54, 1.807) is 50.2 Å². The third-order valence-electron chi connectivity index (χ3n) is 3.85. The number of benzene rings is 3. The van der Waals surface area contributed by atoms with Gasteiger partial charge >= 0.3 is 0 Å². The minimum atomic E-state index is -4.22. The van der Waals surface area contributed by atoms with Gasteiger partial charge < -0.3 is 5.11 Å². The van der Waals surface area contributed by atoms with E-state index in [4.69, 9.17) is 4.55 Å². The van der Waals surface area contributed by atoms with Gasteiger partial charge in [-0.25, -0.2) is 0 Å². The number of phenolic OH excluding ortho intramolecular Hbond substituents is 1. The van der Waals surface area contributed by atoms with Gasteiger partial charge in [-0.2, -0.15) is 18.6 Å². The molecule has 0 bridgehead atoms. The van der Waals surface area contributed by atoms with E-state index in [1.165, 1.54) is 12.1 Å². The average Bonchev–Trinajstić information content (AvgIpc) is 2.56. The summed E-state index contributed by atoms with van der Waals surface area (Å²) in [5.74, 6) is 0.249. The largest absolute Gasteiger partial charge is 0.507 e. The van der Waals surface area contributed by atoms with E-state index < -0.39 is 10.1 Å². The molecule has 3 rings (SSSR count). The number of azo groups is 1. The minimum Gasteiger partial charge on any atom is -0.507 e. The van der Waals surface area contributed by atoms with Crippen molar-refractivity contribution in [1.29, 1.82) is 0 Å². The molecule has 0 heterocycles. The van der Waals surface area contributed by atoms with Crippen molar-refractivity contribution < 1.29 is 18.1 Å². The molecule has 6 nitrogen and oxygen atoms in total. The van der Waals surface area contributed by atoms with E-state index in [0.29, 0.717) is 16.8 Å². The second-order valence-corrected chi connectivity index (χ2v) is 7.22. The molecular weight excluding hydrogens is 340 g/mol. The maximum absolute atomic E-state index is 11.2. The van der Waals surface area contributed by atoms with Gasteiger partial charge in [0.25, 0.3) is 10.1 Å². The van der Waals surface area contributed by atoms with Crippen molar-refractivity contribution in [3.63, 3.8) is 0 Å². The van der Waals surface area contributed by atoms with Crippen LogP contribution in [-0.4, -0.2) is 18.1 Å². The van der Waals surface area contributed by atoms with Crippen LogP contribution in [-0.2, 0) is 10.1 Å². The predicted molar refractivity (Wildman–Crippen MR) is 95.5 cm³/mol. The second-order valence-electron chi connectivity index (χ2n) is 5.80. The van der Waals surface area contributed by atoms with E-state index in [9.17, 15) is 13.5 Å². The van der Waals surface area contributed by atoms with Crippen molar-refractivity contribution in [2.45, 2.75) is 18.7 Å². The molecular formula is C18H16N2O4S. The fraction of sp³-hybridized carbons (Fsp3) is 0.111. The summed E-state index contributed by atoms with van der Waals surface area (Å²) in [7, 11) is -4.22. The highest BCUT2D eigenvalue weighted by Gasteiger charge is 2.09. The van der Waals surface area contributed by atoms with Gasteiger partial charge in [0.2, 0.25) is 0 Å². The molecule has 0 saturated carbocycles. The van der Waals surface area contributed by atoms with Gasteiger partial charge in [0.15, 0.2) is 0 Å². The molecule has 0 aliphatic carbocycles. The highest BCUT2D eigenvalue weighted by Crippen LogP contribution is 2.29.